The largest absolute Gasteiger partial charge is 0.376 e. The number of hydrogen-bond acceptors (Lipinski definition) is 4. The van der Waals surface area contributed by atoms with Gasteiger partial charge < -0.3 is 16.2 Å². The summed E-state index contributed by atoms with van der Waals surface area (Å²) in [4.78, 5) is 21.9. The second-order valence-electron chi connectivity index (χ2n) is 1.83. The lowest BCUT2D eigenvalue weighted by molar-refractivity contribution is -0.129. The SMILES string of the molecule is NC1NC(=O)N(CO)C1=O. The monoisotopic (exact) mass is 145 g/mol. The number of amides is 3. The molecular formula is C4H7N3O3. The zero-order chi connectivity index (χ0) is 7.72. The molecule has 10 heavy (non-hydrogen) atoms. The van der Waals surface area contributed by atoms with E-state index in [1.165, 1.54) is 0 Å². The standard InChI is InChI=1S/C4H7N3O3/c5-2-3(9)7(1-8)4(10)6-2/h2,8H,1,5H2,(H,6,10). The van der Waals surface area contributed by atoms with Crippen molar-refractivity contribution in [2.24, 2.45) is 5.73 Å². The van der Waals surface area contributed by atoms with Gasteiger partial charge in [0.25, 0.3) is 5.91 Å². The molecule has 1 aliphatic rings. The Morgan fingerprint density at radius 2 is 2.30 bits per heavy atom. The van der Waals surface area contributed by atoms with Crippen molar-refractivity contribution in [3.05, 3.63) is 0 Å². The molecule has 1 atom stereocenters. The molecule has 0 aromatic heterocycles. The minimum absolute atomic E-state index is 0.604. The molecule has 1 saturated heterocycles. The summed E-state index contributed by atoms with van der Waals surface area (Å²) in [6.45, 7) is -0.627. The molecule has 0 saturated carbocycles. The number of nitrogens with one attached hydrogen (secondary N) is 1. The van der Waals surface area contributed by atoms with Crippen molar-refractivity contribution in [2.75, 3.05) is 6.73 Å². The van der Waals surface area contributed by atoms with Gasteiger partial charge in [-0.15, -0.1) is 0 Å². The van der Waals surface area contributed by atoms with Gasteiger partial charge in [0, 0.05) is 0 Å². The molecule has 0 aliphatic carbocycles. The fourth-order valence-electron chi connectivity index (χ4n) is 0.675. The Kier molecular flexibility index (Phi) is 1.56. The number of carbonyl (C=O) groups excluding carboxylic acids is 2. The molecule has 6 heteroatoms. The zero-order valence-corrected chi connectivity index (χ0v) is 5.07. The maximum Gasteiger partial charge on any atom is 0.327 e. The van der Waals surface area contributed by atoms with Crippen molar-refractivity contribution in [1.29, 1.82) is 0 Å². The minimum atomic E-state index is -1.00. The number of hydrogen-bond donors (Lipinski definition) is 3. The van der Waals surface area contributed by atoms with E-state index in [1.807, 2.05) is 0 Å². The van der Waals surface area contributed by atoms with E-state index in [2.05, 4.69) is 5.32 Å². The van der Waals surface area contributed by atoms with Crippen molar-refractivity contribution >= 4 is 11.9 Å². The van der Waals surface area contributed by atoms with Gasteiger partial charge >= 0.3 is 6.03 Å². The molecule has 0 aromatic rings. The molecule has 1 fully saturated rings. The van der Waals surface area contributed by atoms with Crippen LogP contribution in [0.1, 0.15) is 0 Å². The van der Waals surface area contributed by atoms with Gasteiger partial charge in [-0.1, -0.05) is 0 Å². The van der Waals surface area contributed by atoms with Crippen molar-refractivity contribution in [3.8, 4) is 0 Å². The summed E-state index contributed by atoms with van der Waals surface area (Å²) in [5.41, 5.74) is 5.10. The zero-order valence-electron chi connectivity index (χ0n) is 5.07. The maximum absolute atomic E-state index is 10.7. The van der Waals surface area contributed by atoms with Gasteiger partial charge in [-0.2, -0.15) is 0 Å². The lowest BCUT2D eigenvalue weighted by atomic mass is 10.5. The highest BCUT2D eigenvalue weighted by Crippen LogP contribution is 1.99. The first-order chi connectivity index (χ1) is 4.66. The predicted octanol–water partition coefficient (Wildman–Crippen LogP) is -2.23. The average molecular weight is 145 g/mol. The van der Waals surface area contributed by atoms with Crippen LogP contribution in [0.5, 0.6) is 0 Å². The number of nitrogens with zero attached hydrogens (tertiary/aromatic N) is 1. The minimum Gasteiger partial charge on any atom is -0.376 e. The highest BCUT2D eigenvalue weighted by molar-refractivity contribution is 6.03. The van der Waals surface area contributed by atoms with Gasteiger partial charge in [-0.3, -0.25) is 4.79 Å². The van der Waals surface area contributed by atoms with Crippen LogP contribution in [-0.2, 0) is 4.79 Å². The number of aliphatic hydroxyl groups is 1. The molecule has 4 N–H and O–H groups in total. The van der Waals surface area contributed by atoms with Gasteiger partial charge in [0.2, 0.25) is 0 Å². The molecule has 1 unspecified atom stereocenters. The van der Waals surface area contributed by atoms with Gasteiger partial charge in [-0.25, -0.2) is 9.69 Å². The fraction of sp³-hybridized carbons (Fsp3) is 0.500. The number of aliphatic hydroxyl groups excluding tert-OH is 1. The van der Waals surface area contributed by atoms with Gasteiger partial charge in [0.15, 0.2) is 6.17 Å². The third-order valence-corrected chi connectivity index (χ3v) is 1.20. The second kappa shape index (κ2) is 2.24. The molecule has 1 rings (SSSR count). The average Bonchev–Trinajstić information content (AvgIpc) is 2.09. The van der Waals surface area contributed by atoms with Crippen molar-refractivity contribution in [3.63, 3.8) is 0 Å². The Labute approximate surface area is 56.6 Å². The lowest BCUT2D eigenvalue weighted by Gasteiger charge is -2.05. The third-order valence-electron chi connectivity index (χ3n) is 1.20. The summed E-state index contributed by atoms with van der Waals surface area (Å²) in [6.07, 6.45) is -1.00. The smallest absolute Gasteiger partial charge is 0.327 e. The molecule has 0 spiro atoms. The van der Waals surface area contributed by atoms with Gasteiger partial charge in [-0.05, 0) is 0 Å². The third kappa shape index (κ3) is 0.829. The first-order valence-corrected chi connectivity index (χ1v) is 2.65. The van der Waals surface area contributed by atoms with E-state index in [-0.39, 0.29) is 0 Å². The van der Waals surface area contributed by atoms with Crippen molar-refractivity contribution in [2.45, 2.75) is 6.17 Å². The van der Waals surface area contributed by atoms with Crippen molar-refractivity contribution in [1.82, 2.24) is 10.2 Å². The Balaban J connectivity index is 2.74. The fourth-order valence-corrected chi connectivity index (χ4v) is 0.675. The van der Waals surface area contributed by atoms with Crippen LogP contribution in [0.3, 0.4) is 0 Å². The number of nitrogens with two attached hydrogens (primary N) is 1. The van der Waals surface area contributed by atoms with Crippen LogP contribution < -0.4 is 11.1 Å². The van der Waals surface area contributed by atoms with E-state index in [9.17, 15) is 9.59 Å². The first kappa shape index (κ1) is 6.97. The second-order valence-corrected chi connectivity index (χ2v) is 1.83. The normalized spacial score (nSPS) is 25.4. The van der Waals surface area contributed by atoms with Crippen molar-refractivity contribution < 1.29 is 14.7 Å². The summed E-state index contributed by atoms with van der Waals surface area (Å²) >= 11 is 0. The van der Waals surface area contributed by atoms with E-state index in [0.717, 1.165) is 0 Å². The molecule has 0 bridgehead atoms. The molecule has 56 valence electrons. The van der Waals surface area contributed by atoms with Gasteiger partial charge in [0.05, 0.1) is 0 Å². The molecule has 3 amide bonds. The summed E-state index contributed by atoms with van der Waals surface area (Å²) in [7, 11) is 0. The van der Waals surface area contributed by atoms with E-state index in [4.69, 9.17) is 10.8 Å². The quantitative estimate of drug-likeness (QED) is 0.364. The molecule has 1 aliphatic heterocycles. The number of carbonyl (C=O) groups is 2. The van der Waals surface area contributed by atoms with Crippen LogP contribution in [0.25, 0.3) is 0 Å². The van der Waals surface area contributed by atoms with Crippen LogP contribution in [0.2, 0.25) is 0 Å². The van der Waals surface area contributed by atoms with E-state index >= 15 is 0 Å². The Morgan fingerprint density at radius 3 is 2.50 bits per heavy atom. The van der Waals surface area contributed by atoms with Crippen LogP contribution in [-0.4, -0.2) is 34.8 Å². The van der Waals surface area contributed by atoms with E-state index in [0.29, 0.717) is 4.90 Å². The highest BCUT2D eigenvalue weighted by Gasteiger charge is 2.34. The Morgan fingerprint density at radius 1 is 1.70 bits per heavy atom. The summed E-state index contributed by atoms with van der Waals surface area (Å²) < 4.78 is 0. The molecular weight excluding hydrogens is 138 g/mol. The van der Waals surface area contributed by atoms with Crippen LogP contribution in [0.15, 0.2) is 0 Å². The number of urea groups is 1. The number of rotatable bonds is 1. The van der Waals surface area contributed by atoms with Gasteiger partial charge in [0.1, 0.15) is 6.73 Å². The van der Waals surface area contributed by atoms with E-state index in [1.54, 1.807) is 0 Å². The predicted molar refractivity (Wildman–Crippen MR) is 30.4 cm³/mol. The van der Waals surface area contributed by atoms with Crippen LogP contribution >= 0.6 is 0 Å². The van der Waals surface area contributed by atoms with E-state index < -0.39 is 24.8 Å². The Hall–Kier alpha value is -1.14. The molecule has 0 radical (unpaired) electrons. The maximum atomic E-state index is 10.7. The summed E-state index contributed by atoms with van der Waals surface area (Å²) in [5, 5.41) is 10.5. The molecule has 1 heterocycles. The summed E-state index contributed by atoms with van der Waals surface area (Å²) in [5.74, 6) is -0.604. The summed E-state index contributed by atoms with van der Waals surface area (Å²) in [6, 6.07) is -0.653. The Bertz CT molecular complexity index is 181. The number of imide groups is 1. The first-order valence-electron chi connectivity index (χ1n) is 2.65. The molecule has 0 aromatic carbocycles. The van der Waals surface area contributed by atoms with Crippen LogP contribution in [0.4, 0.5) is 4.79 Å². The molecule has 6 nitrogen and oxygen atoms in total. The topological polar surface area (TPSA) is 95.7 Å². The highest BCUT2D eigenvalue weighted by atomic mass is 16.3. The lowest BCUT2D eigenvalue weighted by Crippen LogP contribution is -2.38. The van der Waals surface area contributed by atoms with Crippen LogP contribution in [0, 0.1) is 0 Å².